The van der Waals surface area contributed by atoms with Gasteiger partial charge in [-0.15, -0.1) is 0 Å². The molecule has 0 amide bonds. The Labute approximate surface area is 109 Å². The fourth-order valence-corrected chi connectivity index (χ4v) is 2.01. The van der Waals surface area contributed by atoms with Gasteiger partial charge >= 0.3 is 0 Å². The van der Waals surface area contributed by atoms with Crippen LogP contribution >= 0.6 is 23.2 Å². The van der Waals surface area contributed by atoms with E-state index in [4.69, 9.17) is 28.9 Å². The van der Waals surface area contributed by atoms with E-state index < -0.39 is 0 Å². The Balaban J connectivity index is 2.35. The minimum Gasteiger partial charge on any atom is -0.381 e. The zero-order valence-electron chi connectivity index (χ0n) is 9.61. The maximum atomic E-state index is 6.20. The molecule has 92 valence electrons. The molecule has 2 aromatic rings. The van der Waals surface area contributed by atoms with Gasteiger partial charge in [0.1, 0.15) is 5.02 Å². The standard InChI is InChI=1S/C10H13Cl2N5/c1-3-17-8(9(12)6(2)14-17)5-16-4-7(11)10(13)15-16/h4H,3,5H2,1-2H3,(H2,13,15). The first kappa shape index (κ1) is 12.3. The van der Waals surface area contributed by atoms with Crippen LogP contribution < -0.4 is 5.73 Å². The third-order valence-electron chi connectivity index (χ3n) is 2.51. The molecule has 2 rings (SSSR count). The maximum Gasteiger partial charge on any atom is 0.164 e. The third-order valence-corrected chi connectivity index (χ3v) is 3.29. The molecule has 0 bridgehead atoms. The lowest BCUT2D eigenvalue weighted by molar-refractivity contribution is 0.576. The quantitative estimate of drug-likeness (QED) is 0.934. The van der Waals surface area contributed by atoms with Crippen LogP contribution in [0.1, 0.15) is 18.3 Å². The van der Waals surface area contributed by atoms with Crippen LogP contribution in [0.15, 0.2) is 6.20 Å². The number of anilines is 1. The Hall–Kier alpha value is -1.20. The highest BCUT2D eigenvalue weighted by Crippen LogP contribution is 2.22. The Morgan fingerprint density at radius 2 is 2.06 bits per heavy atom. The maximum absolute atomic E-state index is 6.20. The minimum absolute atomic E-state index is 0.321. The van der Waals surface area contributed by atoms with E-state index >= 15 is 0 Å². The van der Waals surface area contributed by atoms with Gasteiger partial charge < -0.3 is 5.73 Å². The molecule has 0 aliphatic rings. The van der Waals surface area contributed by atoms with Gasteiger partial charge in [0.25, 0.3) is 0 Å². The molecule has 0 fully saturated rings. The first-order valence-corrected chi connectivity index (χ1v) is 5.98. The summed E-state index contributed by atoms with van der Waals surface area (Å²) in [5.41, 5.74) is 7.31. The van der Waals surface area contributed by atoms with Crippen LogP contribution in [0.2, 0.25) is 10.0 Å². The number of nitrogens with two attached hydrogens (primary N) is 1. The van der Waals surface area contributed by atoms with Gasteiger partial charge in [0.15, 0.2) is 5.82 Å². The summed E-state index contributed by atoms with van der Waals surface area (Å²) in [6.07, 6.45) is 1.68. The molecule has 0 saturated carbocycles. The monoisotopic (exact) mass is 273 g/mol. The number of rotatable bonds is 3. The molecule has 0 aliphatic carbocycles. The number of hydrogen-bond acceptors (Lipinski definition) is 3. The van der Waals surface area contributed by atoms with Gasteiger partial charge in [-0.05, 0) is 13.8 Å². The van der Waals surface area contributed by atoms with E-state index in [9.17, 15) is 0 Å². The van der Waals surface area contributed by atoms with E-state index in [0.29, 0.717) is 22.4 Å². The lowest BCUT2D eigenvalue weighted by Crippen LogP contribution is -2.09. The summed E-state index contributed by atoms with van der Waals surface area (Å²) in [5.74, 6) is 0.321. The van der Waals surface area contributed by atoms with Gasteiger partial charge in [0.05, 0.1) is 23.0 Å². The first-order valence-electron chi connectivity index (χ1n) is 5.23. The second-order valence-corrected chi connectivity index (χ2v) is 4.51. The van der Waals surface area contributed by atoms with Gasteiger partial charge in [-0.25, -0.2) is 0 Å². The lowest BCUT2D eigenvalue weighted by Gasteiger charge is -2.05. The highest BCUT2D eigenvalue weighted by molar-refractivity contribution is 6.32. The molecule has 2 heterocycles. The van der Waals surface area contributed by atoms with Crippen molar-refractivity contribution in [1.82, 2.24) is 19.6 Å². The predicted octanol–water partition coefficient (Wildman–Crippen LogP) is 2.35. The van der Waals surface area contributed by atoms with E-state index in [0.717, 1.165) is 17.9 Å². The van der Waals surface area contributed by atoms with Crippen LogP contribution in [0, 0.1) is 6.92 Å². The van der Waals surface area contributed by atoms with E-state index in [1.165, 1.54) is 0 Å². The summed E-state index contributed by atoms with van der Waals surface area (Å²) in [7, 11) is 0. The lowest BCUT2D eigenvalue weighted by atomic mass is 10.3. The average molecular weight is 274 g/mol. The molecular weight excluding hydrogens is 261 g/mol. The number of aryl methyl sites for hydroxylation is 2. The smallest absolute Gasteiger partial charge is 0.164 e. The molecular formula is C10H13Cl2N5. The minimum atomic E-state index is 0.321. The van der Waals surface area contributed by atoms with E-state index in [1.54, 1.807) is 10.9 Å². The van der Waals surface area contributed by atoms with E-state index in [2.05, 4.69) is 10.2 Å². The highest BCUT2D eigenvalue weighted by Gasteiger charge is 2.14. The SMILES string of the molecule is CCn1nc(C)c(Cl)c1Cn1cc(Cl)c(N)n1. The zero-order chi connectivity index (χ0) is 12.6. The normalized spacial score (nSPS) is 11.1. The average Bonchev–Trinajstić information content (AvgIpc) is 2.74. The van der Waals surface area contributed by atoms with Crippen molar-refractivity contribution >= 4 is 29.0 Å². The summed E-state index contributed by atoms with van der Waals surface area (Å²) in [5, 5.41) is 9.54. The molecule has 17 heavy (non-hydrogen) atoms. The molecule has 0 atom stereocenters. The summed E-state index contributed by atoms with van der Waals surface area (Å²) in [6, 6.07) is 0. The highest BCUT2D eigenvalue weighted by atomic mass is 35.5. The Kier molecular flexibility index (Phi) is 3.31. The predicted molar refractivity (Wildman–Crippen MR) is 68.4 cm³/mol. The van der Waals surface area contributed by atoms with Crippen molar-refractivity contribution in [1.29, 1.82) is 0 Å². The fourth-order valence-electron chi connectivity index (χ4n) is 1.67. The van der Waals surface area contributed by atoms with Crippen LogP contribution in [-0.4, -0.2) is 19.6 Å². The van der Waals surface area contributed by atoms with Crippen LogP contribution in [0.25, 0.3) is 0 Å². The fraction of sp³-hybridized carbons (Fsp3) is 0.400. The number of aromatic nitrogens is 4. The van der Waals surface area contributed by atoms with E-state index in [-0.39, 0.29) is 0 Å². The van der Waals surface area contributed by atoms with Crippen molar-refractivity contribution in [3.63, 3.8) is 0 Å². The Morgan fingerprint density at radius 3 is 2.59 bits per heavy atom. The Bertz CT molecular complexity index is 524. The van der Waals surface area contributed by atoms with E-state index in [1.807, 2.05) is 18.5 Å². The first-order chi connectivity index (χ1) is 8.02. The molecule has 0 saturated heterocycles. The molecule has 2 N–H and O–H groups in total. The summed E-state index contributed by atoms with van der Waals surface area (Å²) >= 11 is 12.1. The number of hydrogen-bond donors (Lipinski definition) is 1. The molecule has 5 nitrogen and oxygen atoms in total. The molecule has 0 unspecified atom stereocenters. The van der Waals surface area contributed by atoms with Gasteiger partial charge in [-0.3, -0.25) is 9.36 Å². The van der Waals surface area contributed by atoms with Crippen molar-refractivity contribution in [2.45, 2.75) is 26.9 Å². The molecule has 0 aromatic carbocycles. The molecule has 7 heteroatoms. The van der Waals surface area contributed by atoms with Gasteiger partial charge in [-0.2, -0.15) is 10.2 Å². The van der Waals surface area contributed by atoms with Gasteiger partial charge in [0, 0.05) is 12.7 Å². The van der Waals surface area contributed by atoms with Crippen molar-refractivity contribution in [2.24, 2.45) is 0 Å². The number of halogens is 2. The zero-order valence-corrected chi connectivity index (χ0v) is 11.1. The summed E-state index contributed by atoms with van der Waals surface area (Å²) in [6.45, 7) is 5.15. The topological polar surface area (TPSA) is 61.7 Å². The van der Waals surface area contributed by atoms with Crippen molar-refractivity contribution < 1.29 is 0 Å². The molecule has 0 radical (unpaired) electrons. The second kappa shape index (κ2) is 4.58. The second-order valence-electron chi connectivity index (χ2n) is 3.72. The van der Waals surface area contributed by atoms with Crippen molar-refractivity contribution in [3.8, 4) is 0 Å². The molecule has 0 aliphatic heterocycles. The van der Waals surface area contributed by atoms with Crippen molar-refractivity contribution in [2.75, 3.05) is 5.73 Å². The van der Waals surface area contributed by atoms with Crippen LogP contribution in [0.5, 0.6) is 0 Å². The molecule has 2 aromatic heterocycles. The van der Waals surface area contributed by atoms with Crippen LogP contribution in [0.4, 0.5) is 5.82 Å². The van der Waals surface area contributed by atoms with Crippen LogP contribution in [0.3, 0.4) is 0 Å². The third kappa shape index (κ3) is 2.25. The van der Waals surface area contributed by atoms with Gasteiger partial charge in [0.2, 0.25) is 0 Å². The Morgan fingerprint density at radius 1 is 1.35 bits per heavy atom. The number of nitrogen functional groups attached to an aromatic ring is 1. The van der Waals surface area contributed by atoms with Gasteiger partial charge in [-0.1, -0.05) is 23.2 Å². The summed E-state index contributed by atoms with van der Waals surface area (Å²) < 4.78 is 3.51. The molecule has 0 spiro atoms. The largest absolute Gasteiger partial charge is 0.381 e. The summed E-state index contributed by atoms with van der Waals surface area (Å²) in [4.78, 5) is 0. The van der Waals surface area contributed by atoms with Crippen molar-refractivity contribution in [3.05, 3.63) is 27.6 Å². The number of nitrogens with zero attached hydrogens (tertiary/aromatic N) is 4. The van der Waals surface area contributed by atoms with Crippen LogP contribution in [-0.2, 0) is 13.1 Å².